The van der Waals surface area contributed by atoms with Crippen molar-refractivity contribution < 1.29 is 19.4 Å². The lowest BCUT2D eigenvalue weighted by atomic mass is 9.68. The van der Waals surface area contributed by atoms with E-state index in [2.05, 4.69) is 0 Å². The van der Waals surface area contributed by atoms with Crippen molar-refractivity contribution in [1.82, 2.24) is 0 Å². The molecule has 1 aromatic rings. The fraction of sp³-hybridized carbons (Fsp3) is 0.412. The van der Waals surface area contributed by atoms with Crippen LogP contribution < -0.4 is 0 Å². The van der Waals surface area contributed by atoms with Gasteiger partial charge in [-0.15, -0.1) is 0 Å². The standard InChI is InChI=1S/C17H18Cl2O4/c1-2-23-16(21)15-11(8-14(18)19)9-17(22,10-13(15)20)12-6-4-3-5-7-12/h3-8,11,15,22H,2,9-10H2,1H3. The SMILES string of the molecule is CCOC(=O)C1C(=O)CC(O)(c2ccccc2)CC1C=C(Cl)Cl. The molecule has 1 fully saturated rings. The third-order valence-electron chi connectivity index (χ3n) is 4.01. The number of aliphatic hydroxyl groups is 1. The number of allylic oxidation sites excluding steroid dienone is 1. The van der Waals surface area contributed by atoms with Crippen molar-refractivity contribution in [2.75, 3.05) is 6.61 Å². The van der Waals surface area contributed by atoms with Gasteiger partial charge in [-0.1, -0.05) is 53.5 Å². The first-order chi connectivity index (χ1) is 10.9. The highest BCUT2D eigenvalue weighted by Crippen LogP contribution is 2.42. The zero-order valence-corrected chi connectivity index (χ0v) is 14.2. The molecule has 3 atom stereocenters. The van der Waals surface area contributed by atoms with Crippen LogP contribution in [0.15, 0.2) is 40.9 Å². The van der Waals surface area contributed by atoms with E-state index in [1.807, 2.05) is 6.07 Å². The maximum Gasteiger partial charge on any atom is 0.317 e. The maximum atomic E-state index is 12.5. The molecule has 1 aliphatic rings. The molecule has 0 radical (unpaired) electrons. The molecule has 124 valence electrons. The molecule has 1 aliphatic carbocycles. The van der Waals surface area contributed by atoms with Gasteiger partial charge in [0, 0.05) is 12.3 Å². The molecule has 23 heavy (non-hydrogen) atoms. The largest absolute Gasteiger partial charge is 0.465 e. The second kappa shape index (κ2) is 7.47. The molecular formula is C17H18Cl2O4. The van der Waals surface area contributed by atoms with Crippen LogP contribution in [0, 0.1) is 11.8 Å². The van der Waals surface area contributed by atoms with Crippen molar-refractivity contribution in [3.63, 3.8) is 0 Å². The summed E-state index contributed by atoms with van der Waals surface area (Å²) in [6.45, 7) is 1.85. The van der Waals surface area contributed by atoms with Crippen molar-refractivity contribution in [3.8, 4) is 0 Å². The minimum absolute atomic E-state index is 0.0468. The first-order valence-electron chi connectivity index (χ1n) is 7.37. The van der Waals surface area contributed by atoms with Crippen LogP contribution in [0.25, 0.3) is 0 Å². The molecule has 0 saturated heterocycles. The van der Waals surface area contributed by atoms with Crippen molar-refractivity contribution >= 4 is 35.0 Å². The number of carbonyl (C=O) groups is 2. The summed E-state index contributed by atoms with van der Waals surface area (Å²) in [7, 11) is 0. The molecule has 0 aliphatic heterocycles. The molecule has 0 amide bonds. The van der Waals surface area contributed by atoms with E-state index in [0.29, 0.717) is 5.56 Å². The molecule has 1 saturated carbocycles. The fourth-order valence-corrected chi connectivity index (χ4v) is 3.36. The highest BCUT2D eigenvalue weighted by molar-refractivity contribution is 6.55. The molecule has 6 heteroatoms. The Bertz CT molecular complexity index is 610. The van der Waals surface area contributed by atoms with Crippen LogP contribution in [0.5, 0.6) is 0 Å². The van der Waals surface area contributed by atoms with Gasteiger partial charge in [0.15, 0.2) is 5.78 Å². The quantitative estimate of drug-likeness (QED) is 0.663. The number of hydrogen-bond donors (Lipinski definition) is 1. The highest BCUT2D eigenvalue weighted by atomic mass is 35.5. The van der Waals surface area contributed by atoms with Crippen molar-refractivity contribution in [2.45, 2.75) is 25.4 Å². The molecule has 0 heterocycles. The van der Waals surface area contributed by atoms with Gasteiger partial charge in [0.1, 0.15) is 10.4 Å². The first-order valence-corrected chi connectivity index (χ1v) is 8.13. The average Bonchev–Trinajstić information content (AvgIpc) is 2.47. The lowest BCUT2D eigenvalue weighted by Crippen LogP contribution is -2.45. The van der Waals surface area contributed by atoms with Gasteiger partial charge >= 0.3 is 5.97 Å². The van der Waals surface area contributed by atoms with Gasteiger partial charge in [-0.25, -0.2) is 0 Å². The number of Topliss-reactive ketones (excluding diaryl/α,β-unsaturated/α-hetero) is 1. The molecule has 3 unspecified atom stereocenters. The summed E-state index contributed by atoms with van der Waals surface area (Å²) in [5, 5.41) is 10.9. The predicted octanol–water partition coefficient (Wildman–Crippen LogP) is 3.35. The van der Waals surface area contributed by atoms with E-state index in [1.165, 1.54) is 6.08 Å². The third-order valence-corrected chi connectivity index (χ3v) is 4.26. The number of carbonyl (C=O) groups excluding carboxylic acids is 2. The van der Waals surface area contributed by atoms with Gasteiger partial charge in [0.2, 0.25) is 0 Å². The van der Waals surface area contributed by atoms with Crippen molar-refractivity contribution in [2.24, 2.45) is 11.8 Å². The number of ketones is 1. The number of rotatable bonds is 4. The molecule has 0 aromatic heterocycles. The monoisotopic (exact) mass is 356 g/mol. The summed E-state index contributed by atoms with van der Waals surface area (Å²) in [4.78, 5) is 24.6. The Hall–Kier alpha value is -1.36. The molecule has 1 aromatic carbocycles. The maximum absolute atomic E-state index is 12.5. The predicted molar refractivity (Wildman–Crippen MR) is 88.0 cm³/mol. The Morgan fingerprint density at radius 1 is 1.39 bits per heavy atom. The topological polar surface area (TPSA) is 63.6 Å². The Morgan fingerprint density at radius 3 is 2.61 bits per heavy atom. The van der Waals surface area contributed by atoms with Crippen LogP contribution in [-0.2, 0) is 19.9 Å². The Kier molecular flexibility index (Phi) is 5.84. The van der Waals surface area contributed by atoms with Crippen LogP contribution in [0.3, 0.4) is 0 Å². The van der Waals surface area contributed by atoms with E-state index in [-0.39, 0.29) is 29.7 Å². The number of hydrogen-bond acceptors (Lipinski definition) is 4. The third kappa shape index (κ3) is 4.14. The lowest BCUT2D eigenvalue weighted by molar-refractivity contribution is -0.159. The molecule has 1 N–H and O–H groups in total. The first kappa shape index (κ1) is 18.0. The highest BCUT2D eigenvalue weighted by Gasteiger charge is 2.48. The second-order valence-electron chi connectivity index (χ2n) is 5.59. The van der Waals surface area contributed by atoms with Gasteiger partial charge in [-0.2, -0.15) is 0 Å². The van der Waals surface area contributed by atoms with Crippen LogP contribution in [0.2, 0.25) is 0 Å². The van der Waals surface area contributed by atoms with E-state index in [1.54, 1.807) is 31.2 Å². The van der Waals surface area contributed by atoms with Gasteiger partial charge < -0.3 is 9.84 Å². The van der Waals surface area contributed by atoms with Gasteiger partial charge in [0.05, 0.1) is 12.2 Å². The zero-order valence-electron chi connectivity index (χ0n) is 12.7. The Morgan fingerprint density at radius 2 is 2.04 bits per heavy atom. The average molecular weight is 357 g/mol. The fourth-order valence-electron chi connectivity index (χ4n) is 3.04. The molecule has 2 rings (SSSR count). The number of benzene rings is 1. The normalized spacial score (nSPS) is 27.4. The summed E-state index contributed by atoms with van der Waals surface area (Å²) in [6.07, 6.45) is 1.44. The van der Waals surface area contributed by atoms with E-state index in [9.17, 15) is 14.7 Å². The van der Waals surface area contributed by atoms with Crippen molar-refractivity contribution in [3.05, 3.63) is 46.5 Å². The zero-order chi connectivity index (χ0) is 17.0. The van der Waals surface area contributed by atoms with Gasteiger partial charge in [-0.05, 0) is 25.0 Å². The van der Waals surface area contributed by atoms with E-state index in [4.69, 9.17) is 27.9 Å². The minimum atomic E-state index is -1.36. The van der Waals surface area contributed by atoms with E-state index < -0.39 is 23.4 Å². The molecular weight excluding hydrogens is 339 g/mol. The number of esters is 1. The number of ether oxygens (including phenoxy) is 1. The van der Waals surface area contributed by atoms with Crippen LogP contribution >= 0.6 is 23.2 Å². The second-order valence-corrected chi connectivity index (χ2v) is 6.60. The molecule has 4 nitrogen and oxygen atoms in total. The summed E-state index contributed by atoms with van der Waals surface area (Å²) in [5.41, 5.74) is -0.731. The molecule has 0 bridgehead atoms. The summed E-state index contributed by atoms with van der Waals surface area (Å²) in [5.74, 6) is -2.60. The Labute approximate surface area is 145 Å². The van der Waals surface area contributed by atoms with Gasteiger partial charge in [0.25, 0.3) is 0 Å². The van der Waals surface area contributed by atoms with E-state index >= 15 is 0 Å². The minimum Gasteiger partial charge on any atom is -0.465 e. The Balaban J connectivity index is 2.37. The summed E-state index contributed by atoms with van der Waals surface area (Å²) < 4.78 is 4.93. The molecule has 0 spiro atoms. The summed E-state index contributed by atoms with van der Waals surface area (Å²) >= 11 is 11.5. The number of halogens is 2. The van der Waals surface area contributed by atoms with Crippen molar-refractivity contribution in [1.29, 1.82) is 0 Å². The van der Waals surface area contributed by atoms with Crippen LogP contribution in [0.1, 0.15) is 25.3 Å². The van der Waals surface area contributed by atoms with E-state index in [0.717, 1.165) is 0 Å². The van der Waals surface area contributed by atoms with Crippen LogP contribution in [-0.4, -0.2) is 23.5 Å². The smallest absolute Gasteiger partial charge is 0.317 e. The summed E-state index contributed by atoms with van der Waals surface area (Å²) in [6, 6.07) is 8.90. The van der Waals surface area contributed by atoms with Gasteiger partial charge in [-0.3, -0.25) is 9.59 Å². The van der Waals surface area contributed by atoms with Crippen LogP contribution in [0.4, 0.5) is 0 Å². The lowest BCUT2D eigenvalue weighted by Gasteiger charge is -2.38.